The zero-order chi connectivity index (χ0) is 25.4. The normalized spacial score (nSPS) is 11.6. The highest BCUT2D eigenvalue weighted by atomic mass is 32.2. The second kappa shape index (κ2) is 12.4. The van der Waals surface area contributed by atoms with Crippen molar-refractivity contribution in [3.63, 3.8) is 0 Å². The predicted octanol–water partition coefficient (Wildman–Crippen LogP) is 4.95. The van der Waals surface area contributed by atoms with Crippen LogP contribution in [-0.2, 0) is 16.1 Å². The molecule has 35 heavy (non-hydrogen) atoms. The maximum absolute atomic E-state index is 13.5. The zero-order valence-electron chi connectivity index (χ0n) is 20.9. The number of carbonyl (C=O) groups excluding carboxylic acids is 2. The number of aromatic nitrogens is 2. The molecule has 7 nitrogen and oxygen atoms in total. The Morgan fingerprint density at radius 2 is 1.69 bits per heavy atom. The Morgan fingerprint density at radius 3 is 2.29 bits per heavy atom. The molecule has 0 radical (unpaired) electrons. The number of aryl methyl sites for hydroxylation is 3. The van der Waals surface area contributed by atoms with Crippen molar-refractivity contribution >= 4 is 29.3 Å². The molecule has 2 amide bonds. The van der Waals surface area contributed by atoms with Crippen molar-refractivity contribution in [1.29, 1.82) is 0 Å². The first-order valence-corrected chi connectivity index (χ1v) is 12.5. The third-order valence-corrected chi connectivity index (χ3v) is 6.46. The number of hydrogen-bond acceptors (Lipinski definition) is 6. The Morgan fingerprint density at radius 1 is 1.03 bits per heavy atom. The minimum Gasteiger partial charge on any atom is -0.497 e. The Kier molecular flexibility index (Phi) is 9.25. The summed E-state index contributed by atoms with van der Waals surface area (Å²) < 4.78 is 5.19. The number of rotatable bonds is 10. The number of ether oxygens (including phenoxy) is 1. The summed E-state index contributed by atoms with van der Waals surface area (Å²) in [7, 11) is 1.59. The van der Waals surface area contributed by atoms with Crippen LogP contribution in [0.5, 0.6) is 5.75 Å². The monoisotopic (exact) mass is 492 g/mol. The molecule has 1 aromatic heterocycles. The first kappa shape index (κ1) is 26.2. The summed E-state index contributed by atoms with van der Waals surface area (Å²) in [6.07, 6.45) is 0.477. The second-order valence-corrected chi connectivity index (χ2v) is 9.25. The number of nitrogens with zero attached hydrogens (tertiary/aromatic N) is 3. The molecule has 0 bridgehead atoms. The lowest BCUT2D eigenvalue weighted by Gasteiger charge is -2.31. The van der Waals surface area contributed by atoms with Crippen LogP contribution in [0.3, 0.4) is 0 Å². The highest BCUT2D eigenvalue weighted by molar-refractivity contribution is 7.99. The number of methoxy groups -OCH3 is 1. The number of benzene rings is 2. The van der Waals surface area contributed by atoms with Crippen LogP contribution in [-0.4, -0.2) is 45.6 Å². The summed E-state index contributed by atoms with van der Waals surface area (Å²) in [5, 5.41) is 3.51. The van der Waals surface area contributed by atoms with Crippen LogP contribution in [0.15, 0.2) is 59.8 Å². The van der Waals surface area contributed by atoms with Gasteiger partial charge in [-0.15, -0.1) is 0 Å². The summed E-state index contributed by atoms with van der Waals surface area (Å²) in [6.45, 7) is 8.07. The number of anilines is 1. The number of carbonyl (C=O) groups is 2. The van der Waals surface area contributed by atoms with Gasteiger partial charge >= 0.3 is 0 Å². The van der Waals surface area contributed by atoms with E-state index in [0.717, 1.165) is 22.5 Å². The lowest BCUT2D eigenvalue weighted by atomic mass is 10.1. The Bertz CT molecular complexity index is 1150. The largest absolute Gasteiger partial charge is 0.497 e. The maximum atomic E-state index is 13.5. The molecule has 3 rings (SSSR count). The summed E-state index contributed by atoms with van der Waals surface area (Å²) in [5.41, 5.74) is 4.43. The van der Waals surface area contributed by atoms with Gasteiger partial charge in [-0.1, -0.05) is 43.0 Å². The quantitative estimate of drug-likeness (QED) is 0.318. The summed E-state index contributed by atoms with van der Waals surface area (Å²) in [6, 6.07) is 16.3. The molecule has 1 atom stereocenters. The summed E-state index contributed by atoms with van der Waals surface area (Å²) in [5.74, 6) is 0.475. The van der Waals surface area contributed by atoms with Gasteiger partial charge in [0.1, 0.15) is 11.8 Å². The van der Waals surface area contributed by atoms with Crippen LogP contribution >= 0.6 is 11.8 Å². The van der Waals surface area contributed by atoms with E-state index in [1.54, 1.807) is 36.3 Å². The van der Waals surface area contributed by atoms with Crippen molar-refractivity contribution in [2.24, 2.45) is 0 Å². The zero-order valence-corrected chi connectivity index (χ0v) is 21.7. The second-order valence-electron chi connectivity index (χ2n) is 8.31. The van der Waals surface area contributed by atoms with E-state index in [9.17, 15) is 9.59 Å². The van der Waals surface area contributed by atoms with Gasteiger partial charge in [-0.2, -0.15) is 0 Å². The molecule has 1 N–H and O–H groups in total. The molecule has 0 aliphatic rings. The molecule has 0 saturated heterocycles. The van der Waals surface area contributed by atoms with Gasteiger partial charge in [0, 0.05) is 23.6 Å². The minimum atomic E-state index is -0.634. The fourth-order valence-electron chi connectivity index (χ4n) is 3.76. The Balaban J connectivity index is 1.82. The first-order chi connectivity index (χ1) is 16.8. The first-order valence-electron chi connectivity index (χ1n) is 11.5. The SMILES string of the molecule is CCC(C(=O)Nc1ccc(OC)cc1)N(Cc1ccccc1C)C(=O)CSc1nc(C)cc(C)n1. The van der Waals surface area contributed by atoms with E-state index in [1.165, 1.54) is 11.8 Å². The number of thioether (sulfide) groups is 1. The van der Waals surface area contributed by atoms with Crippen molar-refractivity contribution in [2.75, 3.05) is 18.2 Å². The molecule has 0 spiro atoms. The standard InChI is InChI=1S/C27H32N4O3S/c1-6-24(26(33)30-22-11-13-23(34-5)14-12-22)31(16-21-10-8-7-9-18(21)2)25(32)17-35-27-28-19(3)15-20(4)29-27/h7-15,24H,6,16-17H2,1-5H3,(H,30,33). The lowest BCUT2D eigenvalue weighted by molar-refractivity contribution is -0.137. The molecular formula is C27H32N4O3S. The van der Waals surface area contributed by atoms with Crippen molar-refractivity contribution in [2.45, 2.75) is 51.9 Å². The maximum Gasteiger partial charge on any atom is 0.247 e. The highest BCUT2D eigenvalue weighted by Gasteiger charge is 2.29. The van der Waals surface area contributed by atoms with Crippen molar-refractivity contribution in [3.8, 4) is 5.75 Å². The van der Waals surface area contributed by atoms with Crippen LogP contribution < -0.4 is 10.1 Å². The topological polar surface area (TPSA) is 84.4 Å². The molecule has 184 valence electrons. The van der Waals surface area contributed by atoms with E-state index in [0.29, 0.717) is 29.6 Å². The van der Waals surface area contributed by atoms with E-state index in [2.05, 4.69) is 15.3 Å². The van der Waals surface area contributed by atoms with Crippen LogP contribution in [0.2, 0.25) is 0 Å². The molecule has 2 aromatic carbocycles. The van der Waals surface area contributed by atoms with Crippen LogP contribution in [0.4, 0.5) is 5.69 Å². The van der Waals surface area contributed by atoms with Gasteiger partial charge in [0.25, 0.3) is 0 Å². The van der Waals surface area contributed by atoms with Crippen molar-refractivity contribution in [3.05, 3.63) is 77.1 Å². The van der Waals surface area contributed by atoms with Crippen LogP contribution in [0, 0.1) is 20.8 Å². The van der Waals surface area contributed by atoms with Crippen LogP contribution in [0.25, 0.3) is 0 Å². The number of amides is 2. The smallest absolute Gasteiger partial charge is 0.247 e. The van der Waals surface area contributed by atoms with E-state index in [1.807, 2.05) is 58.0 Å². The van der Waals surface area contributed by atoms with Gasteiger partial charge in [0.2, 0.25) is 11.8 Å². The van der Waals surface area contributed by atoms with Crippen molar-refractivity contribution < 1.29 is 14.3 Å². The average Bonchev–Trinajstić information content (AvgIpc) is 2.83. The highest BCUT2D eigenvalue weighted by Crippen LogP contribution is 2.21. The fraction of sp³-hybridized carbons (Fsp3) is 0.333. The third kappa shape index (κ3) is 7.29. The average molecular weight is 493 g/mol. The molecule has 0 fully saturated rings. The third-order valence-electron chi connectivity index (χ3n) is 5.63. The van der Waals surface area contributed by atoms with Crippen molar-refractivity contribution in [1.82, 2.24) is 14.9 Å². The van der Waals surface area contributed by atoms with E-state index in [-0.39, 0.29) is 17.6 Å². The Labute approximate surface area is 211 Å². The number of nitrogens with one attached hydrogen (secondary N) is 1. The molecule has 8 heteroatoms. The number of hydrogen-bond donors (Lipinski definition) is 1. The van der Waals surface area contributed by atoms with Gasteiger partial charge in [-0.25, -0.2) is 9.97 Å². The Hall–Kier alpha value is -3.39. The van der Waals surface area contributed by atoms with Gasteiger partial charge in [0.15, 0.2) is 5.16 Å². The van der Waals surface area contributed by atoms with E-state index < -0.39 is 6.04 Å². The molecule has 0 saturated carbocycles. The van der Waals surface area contributed by atoms with Gasteiger partial charge < -0.3 is 15.0 Å². The molecule has 1 heterocycles. The summed E-state index contributed by atoms with van der Waals surface area (Å²) in [4.78, 5) is 37.3. The molecule has 1 unspecified atom stereocenters. The van der Waals surface area contributed by atoms with E-state index in [4.69, 9.17) is 4.74 Å². The van der Waals surface area contributed by atoms with Crippen LogP contribution in [0.1, 0.15) is 35.9 Å². The minimum absolute atomic E-state index is 0.140. The molecule has 3 aromatic rings. The molecular weight excluding hydrogens is 460 g/mol. The predicted molar refractivity (Wildman–Crippen MR) is 140 cm³/mol. The molecule has 0 aliphatic heterocycles. The van der Waals surface area contributed by atoms with E-state index >= 15 is 0 Å². The fourth-order valence-corrected chi connectivity index (χ4v) is 4.59. The lowest BCUT2D eigenvalue weighted by Crippen LogP contribution is -2.47. The van der Waals surface area contributed by atoms with Gasteiger partial charge in [0.05, 0.1) is 12.9 Å². The van der Waals surface area contributed by atoms with Gasteiger partial charge in [-0.3, -0.25) is 9.59 Å². The summed E-state index contributed by atoms with van der Waals surface area (Å²) >= 11 is 1.29. The molecule has 0 aliphatic carbocycles. The van der Waals surface area contributed by atoms with Gasteiger partial charge in [-0.05, 0) is 68.7 Å².